The quantitative estimate of drug-likeness (QED) is 0.507. The monoisotopic (exact) mass is 438 g/mol. The number of ether oxygens (including phenoxy) is 1. The molecule has 0 amide bonds. The number of hydrogen-bond acceptors (Lipinski definition) is 5. The maximum atomic E-state index is 6.63. The highest BCUT2D eigenvalue weighted by atomic mass is 28.4. The van der Waals surface area contributed by atoms with Crippen molar-refractivity contribution in [2.75, 3.05) is 6.61 Å². The minimum Gasteiger partial charge on any atom is -0.410 e. The maximum Gasteiger partial charge on any atom is 0.187 e. The van der Waals surface area contributed by atoms with Crippen LogP contribution in [0.2, 0.25) is 78.6 Å². The van der Waals surface area contributed by atoms with Crippen molar-refractivity contribution in [1.82, 2.24) is 0 Å². The minimum absolute atomic E-state index is 0.101. The van der Waals surface area contributed by atoms with Crippen LogP contribution >= 0.6 is 0 Å². The Morgan fingerprint density at radius 1 is 0.538 bits per heavy atom. The lowest BCUT2D eigenvalue weighted by Crippen LogP contribution is -2.63. The SMILES string of the molecule is C[Si](C)(C)OC1OC[C@@H](O[Si](C)(C)C)[C@@H](O[Si](C)(C)C)[C@H]1O[Si](C)(C)C. The van der Waals surface area contributed by atoms with E-state index in [-0.39, 0.29) is 24.6 Å². The van der Waals surface area contributed by atoms with Gasteiger partial charge in [-0.1, -0.05) is 0 Å². The second-order valence-corrected chi connectivity index (χ2v) is 28.9. The van der Waals surface area contributed by atoms with Crippen LogP contribution in [0.1, 0.15) is 0 Å². The van der Waals surface area contributed by atoms with E-state index in [1.807, 2.05) is 0 Å². The number of hydrogen-bond donors (Lipinski definition) is 0. The van der Waals surface area contributed by atoms with E-state index in [4.69, 9.17) is 22.4 Å². The van der Waals surface area contributed by atoms with E-state index in [1.165, 1.54) is 0 Å². The summed E-state index contributed by atoms with van der Waals surface area (Å²) in [6.07, 6.45) is -0.863. The third kappa shape index (κ3) is 9.74. The van der Waals surface area contributed by atoms with Gasteiger partial charge in [-0.2, -0.15) is 0 Å². The van der Waals surface area contributed by atoms with E-state index >= 15 is 0 Å². The van der Waals surface area contributed by atoms with Crippen LogP contribution in [0.4, 0.5) is 0 Å². The molecule has 1 unspecified atom stereocenters. The fourth-order valence-corrected chi connectivity index (χ4v) is 7.01. The van der Waals surface area contributed by atoms with Gasteiger partial charge >= 0.3 is 0 Å². The number of rotatable bonds is 8. The first-order valence-corrected chi connectivity index (χ1v) is 23.3. The van der Waals surface area contributed by atoms with Crippen molar-refractivity contribution < 1.29 is 22.4 Å². The molecular weight excluding hydrogens is 397 g/mol. The average molecular weight is 439 g/mol. The van der Waals surface area contributed by atoms with Gasteiger partial charge < -0.3 is 22.4 Å². The molecule has 1 aliphatic heterocycles. The molecule has 0 N–H and O–H groups in total. The summed E-state index contributed by atoms with van der Waals surface area (Å²) in [5, 5.41) is 0. The molecule has 156 valence electrons. The molecule has 1 heterocycles. The third-order valence-electron chi connectivity index (χ3n) is 3.34. The van der Waals surface area contributed by atoms with Crippen LogP contribution in [0.25, 0.3) is 0 Å². The predicted molar refractivity (Wildman–Crippen MR) is 119 cm³/mol. The van der Waals surface area contributed by atoms with Crippen molar-refractivity contribution in [2.24, 2.45) is 0 Å². The van der Waals surface area contributed by atoms with Gasteiger partial charge in [0.25, 0.3) is 0 Å². The van der Waals surface area contributed by atoms with E-state index in [0.29, 0.717) is 6.61 Å². The lowest BCUT2D eigenvalue weighted by atomic mass is 10.1. The molecule has 1 fully saturated rings. The zero-order valence-electron chi connectivity index (χ0n) is 19.1. The molecule has 0 radical (unpaired) electrons. The summed E-state index contributed by atoms with van der Waals surface area (Å²) in [5.74, 6) is 0. The van der Waals surface area contributed by atoms with Crippen molar-refractivity contribution in [1.29, 1.82) is 0 Å². The topological polar surface area (TPSA) is 46.2 Å². The van der Waals surface area contributed by atoms with Crippen molar-refractivity contribution in [3.63, 3.8) is 0 Å². The lowest BCUT2D eigenvalue weighted by Gasteiger charge is -2.48. The molecule has 1 saturated heterocycles. The van der Waals surface area contributed by atoms with Gasteiger partial charge in [0, 0.05) is 0 Å². The molecule has 1 aliphatic rings. The van der Waals surface area contributed by atoms with Crippen molar-refractivity contribution in [3.8, 4) is 0 Å². The highest BCUT2D eigenvalue weighted by molar-refractivity contribution is 6.71. The standard InChI is InChI=1S/C17H42O5Si4/c1-23(2,3)19-14-13-18-17(22-26(10,11)12)16(21-25(7,8)9)15(14)20-24(4,5)6/h14-17H,13H2,1-12H3/t14-,15-,16-,17?/m1/s1. The normalized spacial score (nSPS) is 29.1. The Morgan fingerprint density at radius 3 is 1.31 bits per heavy atom. The average Bonchev–Trinajstić information content (AvgIpc) is 2.30. The minimum atomic E-state index is -1.82. The van der Waals surface area contributed by atoms with Crippen LogP contribution in [0, 0.1) is 0 Å². The van der Waals surface area contributed by atoms with Gasteiger partial charge in [-0.25, -0.2) is 0 Å². The van der Waals surface area contributed by atoms with Crippen LogP contribution in [0.3, 0.4) is 0 Å². The Balaban J connectivity index is 3.20. The van der Waals surface area contributed by atoms with Gasteiger partial charge in [0.15, 0.2) is 39.6 Å². The summed E-state index contributed by atoms with van der Waals surface area (Å²) in [4.78, 5) is 0. The predicted octanol–water partition coefficient (Wildman–Crippen LogP) is 4.85. The second-order valence-electron chi connectivity index (χ2n) is 11.1. The molecule has 0 saturated carbocycles. The van der Waals surface area contributed by atoms with Gasteiger partial charge in [0.05, 0.1) is 12.7 Å². The summed E-state index contributed by atoms with van der Waals surface area (Å²) >= 11 is 0. The molecule has 5 nitrogen and oxygen atoms in total. The molecule has 4 atom stereocenters. The molecule has 0 spiro atoms. The Morgan fingerprint density at radius 2 is 0.923 bits per heavy atom. The third-order valence-corrected chi connectivity index (χ3v) is 7.24. The van der Waals surface area contributed by atoms with Gasteiger partial charge in [-0.15, -0.1) is 0 Å². The molecule has 0 bridgehead atoms. The highest BCUT2D eigenvalue weighted by Crippen LogP contribution is 2.31. The molecule has 0 aromatic heterocycles. The molecule has 1 rings (SSSR count). The summed E-state index contributed by atoms with van der Waals surface area (Å²) in [5.41, 5.74) is 0. The van der Waals surface area contributed by atoms with Gasteiger partial charge in [0.1, 0.15) is 12.2 Å². The van der Waals surface area contributed by atoms with Crippen LogP contribution in [0.5, 0.6) is 0 Å². The molecule has 0 aliphatic carbocycles. The van der Waals surface area contributed by atoms with E-state index in [2.05, 4.69) is 78.6 Å². The first-order valence-electron chi connectivity index (χ1n) is 9.69. The van der Waals surface area contributed by atoms with E-state index < -0.39 is 33.3 Å². The molecule has 26 heavy (non-hydrogen) atoms. The highest BCUT2D eigenvalue weighted by Gasteiger charge is 2.48. The van der Waals surface area contributed by atoms with Gasteiger partial charge in [0.2, 0.25) is 0 Å². The molecule has 0 aromatic rings. The first-order chi connectivity index (χ1) is 11.4. The van der Waals surface area contributed by atoms with Gasteiger partial charge in [-0.3, -0.25) is 0 Å². The summed E-state index contributed by atoms with van der Waals surface area (Å²) in [6.45, 7) is 26.9. The maximum absolute atomic E-state index is 6.63. The van der Waals surface area contributed by atoms with Crippen LogP contribution < -0.4 is 0 Å². The van der Waals surface area contributed by atoms with E-state index in [1.54, 1.807) is 0 Å². The summed E-state index contributed by atoms with van der Waals surface area (Å²) in [7, 11) is -7.14. The fraction of sp³-hybridized carbons (Fsp3) is 1.00. The smallest absolute Gasteiger partial charge is 0.187 e. The first kappa shape index (κ1) is 24.7. The van der Waals surface area contributed by atoms with Gasteiger partial charge in [-0.05, 0) is 78.6 Å². The summed E-state index contributed by atoms with van der Waals surface area (Å²) < 4.78 is 32.2. The van der Waals surface area contributed by atoms with Crippen LogP contribution in [-0.2, 0) is 22.4 Å². The molecular formula is C17H42O5Si4. The zero-order chi connectivity index (χ0) is 20.6. The van der Waals surface area contributed by atoms with Crippen molar-refractivity contribution in [2.45, 2.75) is 103 Å². The van der Waals surface area contributed by atoms with Crippen LogP contribution in [-0.4, -0.2) is 64.5 Å². The van der Waals surface area contributed by atoms with Crippen LogP contribution in [0.15, 0.2) is 0 Å². The fourth-order valence-electron chi connectivity index (χ4n) is 2.83. The van der Waals surface area contributed by atoms with E-state index in [0.717, 1.165) is 0 Å². The largest absolute Gasteiger partial charge is 0.410 e. The summed E-state index contributed by atoms with van der Waals surface area (Å²) in [6, 6.07) is 0. The molecule has 0 aromatic carbocycles. The van der Waals surface area contributed by atoms with Crippen molar-refractivity contribution in [3.05, 3.63) is 0 Å². The van der Waals surface area contributed by atoms with E-state index in [9.17, 15) is 0 Å². The zero-order valence-corrected chi connectivity index (χ0v) is 23.1. The Bertz CT molecular complexity index is 406. The lowest BCUT2D eigenvalue weighted by molar-refractivity contribution is -0.232. The Hall–Kier alpha value is 0.668. The second kappa shape index (κ2) is 8.58. The Labute approximate surface area is 165 Å². The Kier molecular flexibility index (Phi) is 8.15. The molecule has 9 heteroatoms. The van der Waals surface area contributed by atoms with Crippen molar-refractivity contribution >= 4 is 33.3 Å².